The molecule has 0 aliphatic heterocycles. The van der Waals surface area contributed by atoms with Crippen LogP contribution in [-0.4, -0.2) is 64.5 Å². The maximum Gasteiger partial charge on any atom is 0.506 e. The van der Waals surface area contributed by atoms with Crippen molar-refractivity contribution in [3.63, 3.8) is 0 Å². The highest BCUT2D eigenvalue weighted by Crippen LogP contribution is 2.59. The van der Waals surface area contributed by atoms with Gasteiger partial charge in [-0.15, -0.1) is 0 Å². The Labute approximate surface area is 185 Å². The zero-order valence-electron chi connectivity index (χ0n) is 21.6. The summed E-state index contributed by atoms with van der Waals surface area (Å²) in [4.78, 5) is 27.1. The molecule has 0 saturated carbocycles. The second-order valence-electron chi connectivity index (χ2n) is 9.55. The fraction of sp³-hybridized carbons (Fsp3) is 0.909. The predicted octanol–water partition coefficient (Wildman–Crippen LogP) is 3.99. The number of hydrogen-bond donors (Lipinski definition) is 1. The van der Waals surface area contributed by atoms with Gasteiger partial charge in [0.2, 0.25) is 11.8 Å². The van der Waals surface area contributed by atoms with Gasteiger partial charge in [0.05, 0.1) is 0 Å². The van der Waals surface area contributed by atoms with E-state index in [4.69, 9.17) is 13.3 Å². The zero-order valence-corrected chi connectivity index (χ0v) is 22.6. The molecule has 0 bridgehead atoms. The topological polar surface area (TPSA) is 77.1 Å². The second kappa shape index (κ2) is 10.6. The largest absolute Gasteiger partial charge is 0.506 e. The smallest absolute Gasteiger partial charge is 0.377 e. The van der Waals surface area contributed by atoms with Crippen LogP contribution >= 0.6 is 0 Å². The summed E-state index contributed by atoms with van der Waals surface area (Å²) in [6.45, 7) is 20.2. The molecule has 0 aromatic carbocycles. The van der Waals surface area contributed by atoms with Gasteiger partial charge in [0.1, 0.15) is 0 Å². The molecule has 7 nitrogen and oxygen atoms in total. The molecule has 0 aliphatic rings. The summed E-state index contributed by atoms with van der Waals surface area (Å²) in [6, 6.07) is -0.401. The Bertz CT molecular complexity index is 580. The summed E-state index contributed by atoms with van der Waals surface area (Å²) in [5.74, 6) is 0.00806. The molecule has 0 aromatic heterocycles. The van der Waals surface area contributed by atoms with Gasteiger partial charge >= 0.3 is 8.80 Å². The van der Waals surface area contributed by atoms with Gasteiger partial charge in [-0.2, -0.15) is 0 Å². The molecule has 0 spiro atoms. The lowest BCUT2D eigenvalue weighted by atomic mass is 9.65. The molecule has 0 radical (unpaired) electrons. The molecule has 2 amide bonds. The average molecular weight is 447 g/mol. The molecule has 8 heteroatoms. The van der Waals surface area contributed by atoms with Gasteiger partial charge in [-0.3, -0.25) is 9.59 Å². The van der Waals surface area contributed by atoms with E-state index < -0.39 is 24.8 Å². The van der Waals surface area contributed by atoms with Crippen molar-refractivity contribution in [1.29, 1.82) is 0 Å². The Balaban J connectivity index is 6.47. The molecule has 0 heterocycles. The Hall–Kier alpha value is -0.963. The van der Waals surface area contributed by atoms with Gasteiger partial charge < -0.3 is 23.5 Å². The zero-order chi connectivity index (χ0) is 24.1. The van der Waals surface area contributed by atoms with E-state index in [0.29, 0.717) is 12.8 Å². The Morgan fingerprint density at radius 3 is 1.67 bits per heavy atom. The van der Waals surface area contributed by atoms with Crippen LogP contribution in [0.1, 0.15) is 82.1 Å². The molecule has 30 heavy (non-hydrogen) atoms. The minimum atomic E-state index is -3.08. The second-order valence-corrected chi connectivity index (χ2v) is 13.1. The predicted molar refractivity (Wildman–Crippen MR) is 123 cm³/mol. The van der Waals surface area contributed by atoms with E-state index in [1.807, 2.05) is 32.6 Å². The summed E-state index contributed by atoms with van der Waals surface area (Å²) < 4.78 is 17.6. The third-order valence-corrected chi connectivity index (χ3v) is 11.4. The number of amides is 2. The maximum absolute atomic E-state index is 13.2. The molecule has 0 aromatic rings. The fourth-order valence-electron chi connectivity index (χ4n) is 4.38. The first-order chi connectivity index (χ1) is 13.6. The average Bonchev–Trinajstić information content (AvgIpc) is 2.68. The van der Waals surface area contributed by atoms with E-state index in [2.05, 4.69) is 46.9 Å². The Morgan fingerprint density at radius 2 is 1.33 bits per heavy atom. The van der Waals surface area contributed by atoms with Gasteiger partial charge in [0.25, 0.3) is 0 Å². The molecule has 2 atom stereocenters. The first-order valence-corrected chi connectivity index (χ1v) is 12.6. The standard InChI is InChI=1S/C22H46N2O5Si/c1-14-18(25)23-16(3)17(4)24(19(26)15-2)21(7,8)20(5,6)22(9,10)30(27-11,28-12)29-13/h16-17H,14-15H2,1-13H3,(H,23,25). The van der Waals surface area contributed by atoms with Crippen molar-refractivity contribution in [1.82, 2.24) is 10.2 Å². The molecule has 0 fully saturated rings. The number of carbonyl (C=O) groups excluding carboxylic acids is 2. The highest BCUT2D eigenvalue weighted by atomic mass is 28.4. The number of nitrogens with one attached hydrogen (secondary N) is 1. The van der Waals surface area contributed by atoms with Crippen LogP contribution in [0, 0.1) is 5.41 Å². The molecule has 178 valence electrons. The van der Waals surface area contributed by atoms with Crippen LogP contribution in [0.15, 0.2) is 0 Å². The van der Waals surface area contributed by atoms with Gasteiger partial charge in [-0.05, 0) is 33.1 Å². The van der Waals surface area contributed by atoms with Gasteiger partial charge in [0, 0.05) is 56.8 Å². The van der Waals surface area contributed by atoms with Crippen LogP contribution in [0.25, 0.3) is 0 Å². The minimum Gasteiger partial charge on any atom is -0.377 e. The Kier molecular flexibility index (Phi) is 10.2. The number of hydrogen-bond acceptors (Lipinski definition) is 5. The fourth-order valence-corrected chi connectivity index (χ4v) is 7.48. The summed E-state index contributed by atoms with van der Waals surface area (Å²) >= 11 is 0. The molecule has 0 aliphatic carbocycles. The molecule has 1 N–H and O–H groups in total. The SMILES string of the molecule is CCC(=O)NC(C)C(C)N(C(=O)CC)C(C)(C)C(C)(C)C(C)(C)[Si](OC)(OC)OC. The lowest BCUT2D eigenvalue weighted by Crippen LogP contribution is -2.69. The molecule has 0 saturated heterocycles. The molecular formula is C22H46N2O5Si. The summed E-state index contributed by atoms with van der Waals surface area (Å²) in [6.07, 6.45) is 0.782. The monoisotopic (exact) mass is 446 g/mol. The van der Waals surface area contributed by atoms with Crippen LogP contribution in [0.3, 0.4) is 0 Å². The van der Waals surface area contributed by atoms with Crippen LogP contribution < -0.4 is 5.32 Å². The summed E-state index contributed by atoms with van der Waals surface area (Å²) in [7, 11) is 1.76. The molecule has 0 rings (SSSR count). The van der Waals surface area contributed by atoms with Gasteiger partial charge in [-0.25, -0.2) is 0 Å². The number of nitrogens with zero attached hydrogens (tertiary/aromatic N) is 1. The molecule has 2 unspecified atom stereocenters. The number of rotatable bonds is 12. The highest BCUT2D eigenvalue weighted by molar-refractivity contribution is 6.64. The van der Waals surface area contributed by atoms with Crippen LogP contribution in [-0.2, 0) is 22.9 Å². The summed E-state index contributed by atoms with van der Waals surface area (Å²) in [5, 5.41) is 2.48. The Morgan fingerprint density at radius 1 is 0.900 bits per heavy atom. The van der Waals surface area contributed by atoms with E-state index in [0.717, 1.165) is 0 Å². The quantitative estimate of drug-likeness (QED) is 0.459. The van der Waals surface area contributed by atoms with Crippen LogP contribution in [0.5, 0.6) is 0 Å². The van der Waals surface area contributed by atoms with Crippen molar-refractivity contribution < 1.29 is 22.9 Å². The van der Waals surface area contributed by atoms with Crippen molar-refractivity contribution in [3.05, 3.63) is 0 Å². The van der Waals surface area contributed by atoms with E-state index in [1.54, 1.807) is 21.3 Å². The minimum absolute atomic E-state index is 0.0276. The van der Waals surface area contributed by atoms with Gasteiger partial charge in [-0.1, -0.05) is 41.5 Å². The van der Waals surface area contributed by atoms with E-state index in [1.165, 1.54) is 0 Å². The summed E-state index contributed by atoms with van der Waals surface area (Å²) in [5.41, 5.74) is -1.09. The highest BCUT2D eigenvalue weighted by Gasteiger charge is 2.66. The van der Waals surface area contributed by atoms with Crippen molar-refractivity contribution in [2.24, 2.45) is 5.41 Å². The van der Waals surface area contributed by atoms with Crippen molar-refractivity contribution in [2.75, 3.05) is 21.3 Å². The van der Waals surface area contributed by atoms with E-state index >= 15 is 0 Å². The maximum atomic E-state index is 13.2. The van der Waals surface area contributed by atoms with Gasteiger partial charge in [0.15, 0.2) is 0 Å². The third kappa shape index (κ3) is 4.92. The lowest BCUT2D eigenvalue weighted by Gasteiger charge is -2.60. The van der Waals surface area contributed by atoms with E-state index in [-0.39, 0.29) is 23.9 Å². The van der Waals surface area contributed by atoms with Crippen LogP contribution in [0.4, 0.5) is 0 Å². The van der Waals surface area contributed by atoms with Crippen molar-refractivity contribution in [3.8, 4) is 0 Å². The van der Waals surface area contributed by atoms with Crippen LogP contribution in [0.2, 0.25) is 5.04 Å². The lowest BCUT2D eigenvalue weighted by molar-refractivity contribution is -0.150. The molecular weight excluding hydrogens is 400 g/mol. The van der Waals surface area contributed by atoms with Crippen molar-refractivity contribution >= 4 is 20.6 Å². The van der Waals surface area contributed by atoms with Crippen molar-refractivity contribution in [2.45, 2.75) is 105 Å². The normalized spacial score (nSPS) is 15.5. The first kappa shape index (κ1) is 29.0. The third-order valence-electron chi connectivity index (χ3n) is 7.68. The number of carbonyl (C=O) groups is 2. The van der Waals surface area contributed by atoms with E-state index in [9.17, 15) is 9.59 Å². The first-order valence-electron chi connectivity index (χ1n) is 10.8.